The molecule has 1 aromatic heterocycles. The van der Waals surface area contributed by atoms with E-state index in [1.807, 2.05) is 0 Å². The maximum atomic E-state index is 12.6. The van der Waals surface area contributed by atoms with Crippen LogP contribution < -0.4 is 0 Å². The van der Waals surface area contributed by atoms with E-state index in [2.05, 4.69) is 10.9 Å². The third kappa shape index (κ3) is 2.04. The molecule has 6 heteroatoms. The molecule has 0 unspecified atom stereocenters. The lowest BCUT2D eigenvalue weighted by atomic mass is 10.0. The molecule has 0 radical (unpaired) electrons. The normalized spacial score (nSPS) is 17.0. The van der Waals surface area contributed by atoms with Crippen molar-refractivity contribution in [1.29, 1.82) is 0 Å². The summed E-state index contributed by atoms with van der Waals surface area (Å²) >= 11 is 0. The Morgan fingerprint density at radius 3 is 2.44 bits per heavy atom. The van der Waals surface area contributed by atoms with Crippen molar-refractivity contribution in [2.75, 3.05) is 0 Å². The van der Waals surface area contributed by atoms with Gasteiger partial charge in [0.2, 0.25) is 0 Å². The number of terminal acetylenes is 1. The molecule has 1 aliphatic carbocycles. The molecule has 1 heterocycles. The molecular weight excluding hydrogens is 247 g/mol. The molecule has 0 spiro atoms. The number of alkyl halides is 3. The zero-order valence-electron chi connectivity index (χ0n) is 9.08. The quantitative estimate of drug-likeness (QED) is 0.826. The summed E-state index contributed by atoms with van der Waals surface area (Å²) in [5.74, 6) is 0.957. The first-order chi connectivity index (χ1) is 8.28. The van der Waals surface area contributed by atoms with E-state index in [4.69, 9.17) is 11.5 Å². The lowest BCUT2D eigenvalue weighted by Gasteiger charge is -2.12. The van der Waals surface area contributed by atoms with Gasteiger partial charge in [-0.2, -0.15) is 13.2 Å². The van der Waals surface area contributed by atoms with Crippen LogP contribution in [0.3, 0.4) is 0 Å². The lowest BCUT2D eigenvalue weighted by molar-refractivity contribution is -0.141. The summed E-state index contributed by atoms with van der Waals surface area (Å²) in [7, 11) is 0. The van der Waals surface area contributed by atoms with Crippen LogP contribution in [0.4, 0.5) is 13.2 Å². The second-order valence-corrected chi connectivity index (χ2v) is 4.16. The Labute approximate surface area is 101 Å². The molecule has 0 saturated heterocycles. The molecule has 2 rings (SSSR count). The van der Waals surface area contributed by atoms with Crippen molar-refractivity contribution in [3.63, 3.8) is 0 Å². The first-order valence-corrected chi connectivity index (χ1v) is 5.09. The van der Waals surface area contributed by atoms with Gasteiger partial charge in [0.25, 0.3) is 0 Å². The van der Waals surface area contributed by atoms with Crippen molar-refractivity contribution in [1.82, 2.24) is 4.98 Å². The monoisotopic (exact) mass is 255 g/mol. The van der Waals surface area contributed by atoms with Gasteiger partial charge in [0.1, 0.15) is 5.69 Å². The van der Waals surface area contributed by atoms with Gasteiger partial charge in [-0.05, 0) is 25.0 Å². The van der Waals surface area contributed by atoms with Crippen LogP contribution in [0.1, 0.15) is 34.6 Å². The fraction of sp³-hybridized carbons (Fsp3) is 0.333. The van der Waals surface area contributed by atoms with Crippen LogP contribution in [0, 0.1) is 12.3 Å². The van der Waals surface area contributed by atoms with Crippen LogP contribution in [0.15, 0.2) is 12.1 Å². The third-order valence-corrected chi connectivity index (χ3v) is 2.88. The third-order valence-electron chi connectivity index (χ3n) is 2.88. The van der Waals surface area contributed by atoms with Gasteiger partial charge in [-0.25, -0.2) is 9.78 Å². The summed E-state index contributed by atoms with van der Waals surface area (Å²) in [6, 6.07) is 1.63. The van der Waals surface area contributed by atoms with E-state index in [1.54, 1.807) is 0 Å². The van der Waals surface area contributed by atoms with Crippen molar-refractivity contribution in [2.24, 2.45) is 0 Å². The summed E-state index contributed by atoms with van der Waals surface area (Å²) in [4.78, 5) is 14.3. The van der Waals surface area contributed by atoms with Gasteiger partial charge in [0, 0.05) is 0 Å². The minimum absolute atomic E-state index is 0.0113. The predicted molar refractivity (Wildman–Crippen MR) is 55.9 cm³/mol. The summed E-state index contributed by atoms with van der Waals surface area (Å²) in [6.45, 7) is 0. The van der Waals surface area contributed by atoms with E-state index >= 15 is 0 Å². The van der Waals surface area contributed by atoms with E-state index in [0.717, 1.165) is 6.07 Å². The fourth-order valence-corrected chi connectivity index (χ4v) is 1.64. The molecule has 3 nitrogen and oxygen atoms in total. The van der Waals surface area contributed by atoms with Crippen LogP contribution in [-0.2, 0) is 11.6 Å². The fourth-order valence-electron chi connectivity index (χ4n) is 1.64. The Hall–Kier alpha value is -2.03. The Morgan fingerprint density at radius 2 is 2.06 bits per heavy atom. The molecular formula is C12H8F3NO2. The maximum Gasteiger partial charge on any atom is 0.433 e. The zero-order chi connectivity index (χ0) is 13.6. The van der Waals surface area contributed by atoms with Gasteiger partial charge >= 0.3 is 12.1 Å². The van der Waals surface area contributed by atoms with Crippen molar-refractivity contribution in [3.05, 3.63) is 29.1 Å². The molecule has 0 bridgehead atoms. The van der Waals surface area contributed by atoms with Crippen LogP contribution in [-0.4, -0.2) is 16.1 Å². The summed E-state index contributed by atoms with van der Waals surface area (Å²) in [5.41, 5.74) is -2.49. The second-order valence-electron chi connectivity index (χ2n) is 4.16. The number of carboxylic acid groups (broad SMARTS) is 1. The first kappa shape index (κ1) is 12.4. The van der Waals surface area contributed by atoms with E-state index in [0.29, 0.717) is 18.9 Å². The second kappa shape index (κ2) is 3.73. The summed E-state index contributed by atoms with van der Waals surface area (Å²) in [5, 5.41) is 8.81. The Bertz CT molecular complexity index is 553. The Morgan fingerprint density at radius 1 is 1.44 bits per heavy atom. The highest BCUT2D eigenvalue weighted by atomic mass is 19.4. The van der Waals surface area contributed by atoms with E-state index in [-0.39, 0.29) is 5.69 Å². The van der Waals surface area contributed by atoms with Gasteiger partial charge in [-0.15, -0.1) is 6.42 Å². The molecule has 0 aromatic carbocycles. The molecule has 18 heavy (non-hydrogen) atoms. The topological polar surface area (TPSA) is 50.2 Å². The molecule has 0 amide bonds. The highest BCUT2D eigenvalue weighted by Crippen LogP contribution is 2.47. The summed E-state index contributed by atoms with van der Waals surface area (Å²) < 4.78 is 37.9. The van der Waals surface area contributed by atoms with Gasteiger partial charge in [0.05, 0.1) is 16.7 Å². The Kier molecular flexibility index (Phi) is 2.58. The van der Waals surface area contributed by atoms with Crippen molar-refractivity contribution >= 4 is 5.97 Å². The molecule has 1 N–H and O–H groups in total. The highest BCUT2D eigenvalue weighted by molar-refractivity contribution is 5.88. The van der Waals surface area contributed by atoms with E-state index in [1.165, 1.54) is 0 Å². The predicted octanol–water partition coefficient (Wildman–Crippen LogP) is 2.46. The van der Waals surface area contributed by atoms with Crippen molar-refractivity contribution in [3.8, 4) is 12.3 Å². The molecule has 0 atom stereocenters. The molecule has 1 saturated carbocycles. The number of aromatic carboxylic acids is 1. The largest absolute Gasteiger partial charge is 0.478 e. The minimum atomic E-state index is -4.69. The SMILES string of the molecule is C#CC1(c2cc(C(=O)O)cc(C(F)(F)F)n2)CC1. The lowest BCUT2D eigenvalue weighted by Crippen LogP contribution is -2.16. The number of aromatic nitrogens is 1. The van der Waals surface area contributed by atoms with Crippen LogP contribution >= 0.6 is 0 Å². The number of halogens is 3. The molecule has 1 aliphatic rings. The smallest absolute Gasteiger partial charge is 0.433 e. The molecule has 94 valence electrons. The van der Waals surface area contributed by atoms with E-state index < -0.39 is 28.8 Å². The first-order valence-electron chi connectivity index (χ1n) is 5.09. The van der Waals surface area contributed by atoms with Crippen LogP contribution in [0.25, 0.3) is 0 Å². The van der Waals surface area contributed by atoms with Gasteiger partial charge in [0.15, 0.2) is 0 Å². The van der Waals surface area contributed by atoms with Crippen molar-refractivity contribution < 1.29 is 23.1 Å². The number of carbonyl (C=O) groups is 1. The Balaban J connectivity index is 2.59. The number of hydrogen-bond acceptors (Lipinski definition) is 2. The summed E-state index contributed by atoms with van der Waals surface area (Å²) in [6.07, 6.45) is 1.63. The maximum absolute atomic E-state index is 12.6. The van der Waals surface area contributed by atoms with Crippen molar-refractivity contribution in [2.45, 2.75) is 24.4 Å². The average molecular weight is 255 g/mol. The van der Waals surface area contributed by atoms with Gasteiger partial charge in [-0.1, -0.05) is 5.92 Å². The van der Waals surface area contributed by atoms with Crippen LogP contribution in [0.5, 0.6) is 0 Å². The van der Waals surface area contributed by atoms with Gasteiger partial charge < -0.3 is 5.11 Å². The number of rotatable bonds is 2. The molecule has 1 fully saturated rings. The molecule has 0 aliphatic heterocycles. The number of hydrogen-bond donors (Lipinski definition) is 1. The standard InChI is InChI=1S/C12H8F3NO2/c1-2-11(3-4-11)8-5-7(10(17)18)6-9(16-8)12(13,14)15/h1,5-6H,3-4H2,(H,17,18). The zero-order valence-corrected chi connectivity index (χ0v) is 9.08. The highest BCUT2D eigenvalue weighted by Gasteiger charge is 2.46. The van der Waals surface area contributed by atoms with Crippen LogP contribution in [0.2, 0.25) is 0 Å². The van der Waals surface area contributed by atoms with E-state index in [9.17, 15) is 18.0 Å². The molecule has 1 aromatic rings. The number of nitrogens with zero attached hydrogens (tertiary/aromatic N) is 1. The minimum Gasteiger partial charge on any atom is -0.478 e. The average Bonchev–Trinajstić information content (AvgIpc) is 3.08. The number of carboxylic acids is 1. The van der Waals surface area contributed by atoms with Gasteiger partial charge in [-0.3, -0.25) is 0 Å². The number of pyridine rings is 1.